The van der Waals surface area contributed by atoms with Crippen LogP contribution in [0.3, 0.4) is 0 Å². The molecule has 5 N–H and O–H groups in total. The van der Waals surface area contributed by atoms with Crippen molar-refractivity contribution < 1.29 is 5.11 Å². The maximum Gasteiger partial charge on any atom is 0.227 e. The Balaban J connectivity index is 0.00000144. The molecule has 0 aliphatic heterocycles. The van der Waals surface area contributed by atoms with Gasteiger partial charge in [0.25, 0.3) is 0 Å². The van der Waals surface area contributed by atoms with Gasteiger partial charge < -0.3 is 26.0 Å². The summed E-state index contributed by atoms with van der Waals surface area (Å²) in [6.07, 6.45) is 14.6. The molecule has 10 heteroatoms. The van der Waals surface area contributed by atoms with Gasteiger partial charge in [-0.1, -0.05) is 12.8 Å². The average molecular weight is 486 g/mol. The summed E-state index contributed by atoms with van der Waals surface area (Å²) in [5.41, 5.74) is 7.88. The number of hydrogen-bond donors (Lipinski definition) is 4. The van der Waals surface area contributed by atoms with Gasteiger partial charge >= 0.3 is 0 Å². The number of nitrogens with one attached hydrogen (secondary N) is 2. The average Bonchev–Trinajstić information content (AvgIpc) is 3.41. The molecule has 0 unspecified atom stereocenters. The van der Waals surface area contributed by atoms with Gasteiger partial charge in [0.1, 0.15) is 0 Å². The molecule has 0 radical (unpaired) electrons. The van der Waals surface area contributed by atoms with Crippen LogP contribution in [0.25, 0.3) is 11.2 Å². The molecule has 2 aromatic rings. The largest absolute Gasteiger partial charge is 0.393 e. The van der Waals surface area contributed by atoms with E-state index in [-0.39, 0.29) is 30.9 Å². The van der Waals surface area contributed by atoms with Crippen molar-refractivity contribution in [1.82, 2.24) is 19.5 Å². The number of halogens is 2. The number of anilines is 2. The zero-order valence-corrected chi connectivity index (χ0v) is 20.2. The topological polar surface area (TPSA) is 114 Å². The van der Waals surface area contributed by atoms with Crippen LogP contribution in [0.5, 0.6) is 0 Å². The molecular weight excluding hydrogens is 449 g/mol. The van der Waals surface area contributed by atoms with E-state index in [1.54, 1.807) is 0 Å². The minimum atomic E-state index is -0.162. The molecule has 0 spiro atoms. The van der Waals surface area contributed by atoms with Crippen molar-refractivity contribution in [2.45, 2.75) is 107 Å². The van der Waals surface area contributed by atoms with Crippen LogP contribution >= 0.6 is 24.8 Å². The lowest BCUT2D eigenvalue weighted by Gasteiger charge is -2.28. The molecule has 3 aliphatic carbocycles. The maximum absolute atomic E-state index is 9.85. The van der Waals surface area contributed by atoms with Crippen LogP contribution in [0.15, 0.2) is 6.33 Å². The SMILES string of the molecule is Cl.Cl.N[C@H]1CC[C@H](Nc2nc(NC3CCC(O)CC3)c3ncn(C4CCCC4)c3n2)CC1. The maximum atomic E-state index is 9.85. The zero-order valence-electron chi connectivity index (χ0n) is 18.6. The van der Waals surface area contributed by atoms with Gasteiger partial charge in [-0.2, -0.15) is 9.97 Å². The number of nitrogens with zero attached hydrogens (tertiary/aromatic N) is 4. The second-order valence-electron chi connectivity index (χ2n) is 9.56. The molecule has 180 valence electrons. The van der Waals surface area contributed by atoms with Crippen molar-refractivity contribution in [3.8, 4) is 0 Å². The van der Waals surface area contributed by atoms with Crippen LogP contribution < -0.4 is 16.4 Å². The van der Waals surface area contributed by atoms with Crippen LogP contribution in [0, 0.1) is 0 Å². The first-order valence-corrected chi connectivity index (χ1v) is 11.9. The second kappa shape index (κ2) is 11.2. The monoisotopic (exact) mass is 485 g/mol. The van der Waals surface area contributed by atoms with Crippen molar-refractivity contribution in [2.24, 2.45) is 5.73 Å². The van der Waals surface area contributed by atoms with E-state index in [1.807, 2.05) is 6.33 Å². The molecule has 32 heavy (non-hydrogen) atoms. The van der Waals surface area contributed by atoms with E-state index in [1.165, 1.54) is 25.7 Å². The summed E-state index contributed by atoms with van der Waals surface area (Å²) in [6, 6.07) is 1.52. The Bertz CT molecular complexity index is 857. The van der Waals surface area contributed by atoms with Crippen molar-refractivity contribution in [3.63, 3.8) is 0 Å². The van der Waals surface area contributed by atoms with Gasteiger partial charge in [0.2, 0.25) is 5.95 Å². The van der Waals surface area contributed by atoms with Gasteiger partial charge in [0.15, 0.2) is 17.0 Å². The molecule has 3 saturated carbocycles. The van der Waals surface area contributed by atoms with E-state index in [9.17, 15) is 5.11 Å². The van der Waals surface area contributed by atoms with Gasteiger partial charge in [0.05, 0.1) is 12.4 Å². The Hall–Kier alpha value is -1.35. The molecule has 5 rings (SSSR count). The lowest BCUT2D eigenvalue weighted by atomic mass is 9.92. The molecule has 0 aromatic carbocycles. The number of imidazole rings is 1. The lowest BCUT2D eigenvalue weighted by molar-refractivity contribution is 0.126. The fourth-order valence-corrected chi connectivity index (χ4v) is 5.39. The molecule has 0 saturated heterocycles. The number of hydrogen-bond acceptors (Lipinski definition) is 7. The summed E-state index contributed by atoms with van der Waals surface area (Å²) in [5, 5.41) is 17.1. The third-order valence-corrected chi connectivity index (χ3v) is 7.28. The predicted octanol–water partition coefficient (Wildman–Crippen LogP) is 4.18. The van der Waals surface area contributed by atoms with E-state index in [0.717, 1.165) is 68.3 Å². The smallest absolute Gasteiger partial charge is 0.227 e. The Morgan fingerprint density at radius 2 is 1.47 bits per heavy atom. The lowest BCUT2D eigenvalue weighted by Crippen LogP contribution is -2.33. The molecule has 0 amide bonds. The Morgan fingerprint density at radius 1 is 0.844 bits per heavy atom. The quantitative estimate of drug-likeness (QED) is 0.501. The number of rotatable bonds is 5. The van der Waals surface area contributed by atoms with Crippen molar-refractivity contribution in [2.75, 3.05) is 10.6 Å². The summed E-state index contributed by atoms with van der Waals surface area (Å²) in [7, 11) is 0. The fourth-order valence-electron chi connectivity index (χ4n) is 5.39. The number of fused-ring (bicyclic) bond motifs is 1. The van der Waals surface area contributed by atoms with Crippen molar-refractivity contribution in [1.29, 1.82) is 0 Å². The minimum absolute atomic E-state index is 0. The fraction of sp³-hybridized carbons (Fsp3) is 0.773. The molecular formula is C22H37Cl2N7O. The third-order valence-electron chi connectivity index (χ3n) is 7.28. The third kappa shape index (κ3) is 5.58. The second-order valence-corrected chi connectivity index (χ2v) is 9.56. The van der Waals surface area contributed by atoms with Crippen LogP contribution in [0.2, 0.25) is 0 Å². The highest BCUT2D eigenvalue weighted by molar-refractivity contribution is 5.86. The zero-order chi connectivity index (χ0) is 20.5. The van der Waals surface area contributed by atoms with Crippen LogP contribution in [-0.4, -0.2) is 48.9 Å². The summed E-state index contributed by atoms with van der Waals surface area (Å²) >= 11 is 0. The van der Waals surface area contributed by atoms with Gasteiger partial charge in [-0.05, 0) is 64.2 Å². The van der Waals surface area contributed by atoms with Crippen LogP contribution in [-0.2, 0) is 0 Å². The van der Waals surface area contributed by atoms with Crippen molar-refractivity contribution >= 4 is 47.7 Å². The standard InChI is InChI=1S/C22H35N7O.2ClH/c23-14-5-7-16(8-6-14)26-22-27-20(25-15-9-11-18(30)12-10-15)19-21(28-22)29(13-24-19)17-3-1-2-4-17;;/h13-18,30H,1-12,23H2,(H2,25,26,27,28);2*1H/t14-,15?,16-,18?;;. The molecule has 0 bridgehead atoms. The number of nitrogens with two attached hydrogens (primary N) is 1. The van der Waals surface area contributed by atoms with Gasteiger partial charge in [-0.25, -0.2) is 4.98 Å². The summed E-state index contributed by atoms with van der Waals surface area (Å²) in [5.74, 6) is 1.52. The number of aromatic nitrogens is 4. The molecule has 0 atom stereocenters. The summed E-state index contributed by atoms with van der Waals surface area (Å²) in [6.45, 7) is 0. The van der Waals surface area contributed by atoms with Crippen LogP contribution in [0.1, 0.15) is 83.1 Å². The Morgan fingerprint density at radius 3 is 2.16 bits per heavy atom. The highest BCUT2D eigenvalue weighted by Gasteiger charge is 2.26. The Kier molecular flexibility index (Phi) is 8.83. The summed E-state index contributed by atoms with van der Waals surface area (Å²) < 4.78 is 2.27. The first-order valence-electron chi connectivity index (χ1n) is 11.9. The van der Waals surface area contributed by atoms with E-state index in [4.69, 9.17) is 20.7 Å². The van der Waals surface area contributed by atoms with E-state index >= 15 is 0 Å². The van der Waals surface area contributed by atoms with E-state index in [2.05, 4.69) is 15.2 Å². The molecule has 3 aliphatic rings. The highest BCUT2D eigenvalue weighted by Crippen LogP contribution is 2.34. The molecule has 3 fully saturated rings. The van der Waals surface area contributed by atoms with E-state index < -0.39 is 0 Å². The Labute approximate surface area is 202 Å². The van der Waals surface area contributed by atoms with E-state index in [0.29, 0.717) is 30.1 Å². The van der Waals surface area contributed by atoms with Gasteiger partial charge in [0, 0.05) is 24.2 Å². The first kappa shape index (κ1) is 25.3. The highest BCUT2D eigenvalue weighted by atomic mass is 35.5. The first-order chi connectivity index (χ1) is 14.7. The molecule has 2 heterocycles. The number of aliphatic hydroxyl groups excluding tert-OH is 1. The van der Waals surface area contributed by atoms with Gasteiger partial charge in [-0.3, -0.25) is 0 Å². The predicted molar refractivity (Wildman–Crippen MR) is 133 cm³/mol. The number of aliphatic hydroxyl groups is 1. The van der Waals surface area contributed by atoms with Gasteiger partial charge in [-0.15, -0.1) is 24.8 Å². The molecule has 8 nitrogen and oxygen atoms in total. The summed E-state index contributed by atoms with van der Waals surface area (Å²) in [4.78, 5) is 14.5. The van der Waals surface area contributed by atoms with Crippen LogP contribution in [0.4, 0.5) is 11.8 Å². The normalized spacial score (nSPS) is 28.7. The molecule has 2 aromatic heterocycles. The van der Waals surface area contributed by atoms with Crippen molar-refractivity contribution in [3.05, 3.63) is 6.33 Å². The minimum Gasteiger partial charge on any atom is -0.393 e.